The molecule has 4 heteroatoms. The van der Waals surface area contributed by atoms with Crippen molar-refractivity contribution in [2.45, 2.75) is 0 Å². The van der Waals surface area contributed by atoms with E-state index in [9.17, 15) is 0 Å². The monoisotopic (exact) mass is 153 g/mol. The minimum absolute atomic E-state index is 0.491. The Kier molecular flexibility index (Phi) is 2.68. The molecule has 0 saturated heterocycles. The molecule has 11 heavy (non-hydrogen) atoms. The minimum Gasteiger partial charge on any atom is -0.491 e. The van der Waals surface area contributed by atoms with Crippen molar-refractivity contribution in [3.8, 4) is 5.75 Å². The molecule has 1 heterocycles. The summed E-state index contributed by atoms with van der Waals surface area (Å²) in [6, 6.07) is 3.45. The molecule has 1 rings (SSSR count). The molecule has 0 aliphatic rings. The summed E-state index contributed by atoms with van der Waals surface area (Å²) >= 11 is 0. The molecular weight excluding hydrogens is 142 g/mol. The third-order valence-corrected chi connectivity index (χ3v) is 1.15. The maximum Gasteiger partial charge on any atom is 0.137 e. The van der Waals surface area contributed by atoms with Crippen molar-refractivity contribution in [2.24, 2.45) is 5.73 Å². The number of nitrogen functional groups attached to an aromatic ring is 1. The van der Waals surface area contributed by atoms with Crippen molar-refractivity contribution in [3.05, 3.63) is 18.3 Å². The molecule has 0 amide bonds. The van der Waals surface area contributed by atoms with Crippen LogP contribution >= 0.6 is 0 Å². The number of hydrogen-bond acceptors (Lipinski definition) is 4. The number of pyridine rings is 1. The number of ether oxygens (including phenoxy) is 1. The molecule has 60 valence electrons. The maximum atomic E-state index is 5.36. The van der Waals surface area contributed by atoms with Crippen LogP contribution in [0.25, 0.3) is 0 Å². The van der Waals surface area contributed by atoms with Gasteiger partial charge in [0.2, 0.25) is 0 Å². The summed E-state index contributed by atoms with van der Waals surface area (Å²) in [6.45, 7) is 1.01. The molecule has 0 aliphatic carbocycles. The van der Waals surface area contributed by atoms with E-state index in [4.69, 9.17) is 16.2 Å². The van der Waals surface area contributed by atoms with Gasteiger partial charge in [-0.05, 0) is 12.1 Å². The molecule has 0 radical (unpaired) electrons. The number of nitrogens with two attached hydrogens (primary N) is 2. The van der Waals surface area contributed by atoms with Gasteiger partial charge in [-0.2, -0.15) is 0 Å². The lowest BCUT2D eigenvalue weighted by Crippen LogP contribution is -2.10. The van der Waals surface area contributed by atoms with Gasteiger partial charge in [-0.3, -0.25) is 0 Å². The van der Waals surface area contributed by atoms with E-state index in [1.165, 1.54) is 0 Å². The zero-order valence-electron chi connectivity index (χ0n) is 6.16. The predicted molar refractivity (Wildman–Crippen MR) is 43.2 cm³/mol. The second kappa shape index (κ2) is 3.78. The van der Waals surface area contributed by atoms with E-state index >= 15 is 0 Å². The molecule has 0 aromatic carbocycles. The van der Waals surface area contributed by atoms with Crippen molar-refractivity contribution < 1.29 is 4.74 Å². The highest BCUT2D eigenvalue weighted by Crippen LogP contribution is 2.08. The normalized spacial score (nSPS) is 9.55. The summed E-state index contributed by atoms with van der Waals surface area (Å²) in [4.78, 5) is 3.84. The summed E-state index contributed by atoms with van der Waals surface area (Å²) in [5, 5.41) is 0. The Hall–Kier alpha value is -1.29. The number of hydrogen-bond donors (Lipinski definition) is 2. The van der Waals surface area contributed by atoms with Crippen LogP contribution in [0.4, 0.5) is 5.82 Å². The molecule has 0 fully saturated rings. The van der Waals surface area contributed by atoms with Gasteiger partial charge in [0.15, 0.2) is 0 Å². The maximum absolute atomic E-state index is 5.36. The lowest BCUT2D eigenvalue weighted by atomic mass is 10.4. The zero-order chi connectivity index (χ0) is 8.10. The van der Waals surface area contributed by atoms with Crippen molar-refractivity contribution in [1.82, 2.24) is 4.98 Å². The molecule has 0 aliphatic heterocycles. The lowest BCUT2D eigenvalue weighted by molar-refractivity contribution is 0.327. The van der Waals surface area contributed by atoms with Gasteiger partial charge in [0, 0.05) is 6.54 Å². The summed E-state index contributed by atoms with van der Waals surface area (Å²) < 4.78 is 5.17. The predicted octanol–water partition coefficient (Wildman–Crippen LogP) is 0.00130. The van der Waals surface area contributed by atoms with Crippen LogP contribution < -0.4 is 16.2 Å². The smallest absolute Gasteiger partial charge is 0.137 e. The molecule has 0 unspecified atom stereocenters. The topological polar surface area (TPSA) is 74.2 Å². The number of rotatable bonds is 3. The lowest BCUT2D eigenvalue weighted by Gasteiger charge is -2.02. The number of nitrogens with zero attached hydrogens (tertiary/aromatic N) is 1. The third kappa shape index (κ3) is 2.43. The van der Waals surface area contributed by atoms with Crippen molar-refractivity contribution >= 4 is 5.82 Å². The quantitative estimate of drug-likeness (QED) is 0.641. The fraction of sp³-hybridized carbons (Fsp3) is 0.286. The largest absolute Gasteiger partial charge is 0.491 e. The highest BCUT2D eigenvalue weighted by molar-refractivity contribution is 5.31. The van der Waals surface area contributed by atoms with Gasteiger partial charge in [0.1, 0.15) is 18.2 Å². The Morgan fingerprint density at radius 2 is 2.27 bits per heavy atom. The van der Waals surface area contributed by atoms with E-state index in [0.717, 1.165) is 0 Å². The average Bonchev–Trinajstić information content (AvgIpc) is 2.04. The first kappa shape index (κ1) is 7.81. The average molecular weight is 153 g/mol. The minimum atomic E-state index is 0.491. The van der Waals surface area contributed by atoms with E-state index in [-0.39, 0.29) is 0 Å². The standard InChI is InChI=1S/C7H11N3O/c8-3-4-11-6-1-2-7(9)10-5-6/h1-2,5H,3-4,8H2,(H2,9,10). The van der Waals surface area contributed by atoms with Gasteiger partial charge in [0.25, 0.3) is 0 Å². The third-order valence-electron chi connectivity index (χ3n) is 1.15. The molecule has 4 N–H and O–H groups in total. The Balaban J connectivity index is 2.52. The highest BCUT2D eigenvalue weighted by Gasteiger charge is 1.91. The van der Waals surface area contributed by atoms with Crippen LogP contribution in [-0.2, 0) is 0 Å². The van der Waals surface area contributed by atoms with Crippen LogP contribution in [0.1, 0.15) is 0 Å². The highest BCUT2D eigenvalue weighted by atomic mass is 16.5. The molecule has 0 spiro atoms. The summed E-state index contributed by atoms with van der Waals surface area (Å²) in [5.41, 5.74) is 10.6. The van der Waals surface area contributed by atoms with Crippen molar-refractivity contribution in [1.29, 1.82) is 0 Å². The van der Waals surface area contributed by atoms with Gasteiger partial charge in [-0.15, -0.1) is 0 Å². The molecule has 1 aromatic heterocycles. The number of aromatic nitrogens is 1. The fourth-order valence-corrected chi connectivity index (χ4v) is 0.654. The zero-order valence-corrected chi connectivity index (χ0v) is 6.16. The SMILES string of the molecule is NCCOc1ccc(N)nc1. The van der Waals surface area contributed by atoms with Crippen LogP contribution in [0.5, 0.6) is 5.75 Å². The van der Waals surface area contributed by atoms with E-state index in [1.54, 1.807) is 18.3 Å². The van der Waals surface area contributed by atoms with Crippen LogP contribution in [-0.4, -0.2) is 18.1 Å². The molecule has 0 atom stereocenters. The molecule has 0 saturated carbocycles. The van der Waals surface area contributed by atoms with Crippen LogP contribution in [0.3, 0.4) is 0 Å². The van der Waals surface area contributed by atoms with Crippen LogP contribution in [0.15, 0.2) is 18.3 Å². The van der Waals surface area contributed by atoms with Gasteiger partial charge < -0.3 is 16.2 Å². The Labute approximate surface area is 65.2 Å². The van der Waals surface area contributed by atoms with Crippen LogP contribution in [0, 0.1) is 0 Å². The Morgan fingerprint density at radius 1 is 1.45 bits per heavy atom. The summed E-state index contributed by atoms with van der Waals surface area (Å²) in [6.07, 6.45) is 1.57. The van der Waals surface area contributed by atoms with Gasteiger partial charge in [-0.25, -0.2) is 4.98 Å². The number of anilines is 1. The van der Waals surface area contributed by atoms with Gasteiger partial charge in [0.05, 0.1) is 6.20 Å². The van der Waals surface area contributed by atoms with E-state index in [1.807, 2.05) is 0 Å². The molecule has 4 nitrogen and oxygen atoms in total. The van der Waals surface area contributed by atoms with Crippen LogP contribution in [0.2, 0.25) is 0 Å². The van der Waals surface area contributed by atoms with E-state index < -0.39 is 0 Å². The molecular formula is C7H11N3O. The summed E-state index contributed by atoms with van der Waals surface area (Å²) in [7, 11) is 0. The molecule has 0 bridgehead atoms. The Morgan fingerprint density at radius 3 is 2.82 bits per heavy atom. The van der Waals surface area contributed by atoms with Gasteiger partial charge in [-0.1, -0.05) is 0 Å². The summed E-state index contributed by atoms with van der Waals surface area (Å²) in [5.74, 6) is 1.19. The van der Waals surface area contributed by atoms with E-state index in [2.05, 4.69) is 4.98 Å². The fourth-order valence-electron chi connectivity index (χ4n) is 0.654. The molecule has 1 aromatic rings. The van der Waals surface area contributed by atoms with Gasteiger partial charge >= 0.3 is 0 Å². The first-order valence-corrected chi connectivity index (χ1v) is 3.37. The van der Waals surface area contributed by atoms with Crippen molar-refractivity contribution in [2.75, 3.05) is 18.9 Å². The van der Waals surface area contributed by atoms with E-state index in [0.29, 0.717) is 24.7 Å². The second-order valence-electron chi connectivity index (χ2n) is 2.06. The van der Waals surface area contributed by atoms with Crippen molar-refractivity contribution in [3.63, 3.8) is 0 Å². The first-order valence-electron chi connectivity index (χ1n) is 3.37. The first-order chi connectivity index (χ1) is 5.33. The Bertz CT molecular complexity index is 209. The second-order valence-corrected chi connectivity index (χ2v) is 2.06.